The Bertz CT molecular complexity index is 1220. The molecule has 8 nitrogen and oxygen atoms in total. The number of rotatable bonds is 7. The van der Waals surface area contributed by atoms with Crippen LogP contribution in [-0.4, -0.2) is 41.4 Å². The van der Waals surface area contributed by atoms with E-state index in [0.29, 0.717) is 41.5 Å². The second-order valence-corrected chi connectivity index (χ2v) is 9.29. The molecule has 0 spiro atoms. The molecule has 1 aromatic heterocycles. The van der Waals surface area contributed by atoms with Gasteiger partial charge in [-0.2, -0.15) is 4.31 Å². The number of sulfonamides is 1. The molecule has 32 heavy (non-hydrogen) atoms. The number of halogens is 1. The van der Waals surface area contributed by atoms with Crippen molar-refractivity contribution in [2.24, 2.45) is 0 Å². The summed E-state index contributed by atoms with van der Waals surface area (Å²) in [5.41, 5.74) is 1.19. The molecule has 0 aliphatic carbocycles. The summed E-state index contributed by atoms with van der Waals surface area (Å²) in [5.74, 6) is -0.174. The van der Waals surface area contributed by atoms with Crippen molar-refractivity contribution in [2.45, 2.75) is 37.3 Å². The van der Waals surface area contributed by atoms with Crippen LogP contribution in [0.4, 0.5) is 4.39 Å². The van der Waals surface area contributed by atoms with Crippen molar-refractivity contribution in [2.75, 3.05) is 6.54 Å². The quantitative estimate of drug-likeness (QED) is 0.574. The average molecular weight is 460 g/mol. The van der Waals surface area contributed by atoms with E-state index in [1.54, 1.807) is 19.1 Å². The molecule has 1 aliphatic heterocycles. The van der Waals surface area contributed by atoms with Crippen LogP contribution in [0.25, 0.3) is 11.5 Å². The van der Waals surface area contributed by atoms with E-state index >= 15 is 0 Å². The number of hydrogen-bond donors (Lipinski definition) is 1. The van der Waals surface area contributed by atoms with E-state index in [-0.39, 0.29) is 23.9 Å². The van der Waals surface area contributed by atoms with Gasteiger partial charge in [0.25, 0.3) is 0 Å². The van der Waals surface area contributed by atoms with Gasteiger partial charge in [-0.05, 0) is 68.3 Å². The lowest BCUT2D eigenvalue weighted by Crippen LogP contribution is -2.40. The third kappa shape index (κ3) is 4.37. The number of carboxylic acid groups (broad SMARTS) is 1. The number of nitrogens with zero attached hydrogens (tertiary/aromatic N) is 2. The molecule has 2 heterocycles. The standard InChI is InChI=1S/C22H21FN2O6S/c1-14-19(24-21(31-14)15-4-6-16(23)7-5-15)13-30-17-8-10-18(11-9-17)32(28,29)25-12-2-3-20(25)22(26)27/h4-11,20H,2-3,12-13H2,1H3,(H,26,27). The molecule has 2 aromatic carbocycles. The fourth-order valence-corrected chi connectivity index (χ4v) is 5.20. The number of aryl methyl sites for hydroxylation is 1. The van der Waals surface area contributed by atoms with Crippen molar-refractivity contribution in [1.29, 1.82) is 0 Å². The predicted octanol–water partition coefficient (Wildman–Crippen LogP) is 3.61. The molecule has 0 saturated carbocycles. The molecule has 1 saturated heterocycles. The largest absolute Gasteiger partial charge is 0.487 e. The smallest absolute Gasteiger partial charge is 0.322 e. The number of oxazole rings is 1. The summed E-state index contributed by atoms with van der Waals surface area (Å²) in [7, 11) is -3.91. The van der Waals surface area contributed by atoms with Crippen molar-refractivity contribution in [3.05, 3.63) is 65.8 Å². The van der Waals surface area contributed by atoms with Gasteiger partial charge in [0.1, 0.15) is 35.7 Å². The van der Waals surface area contributed by atoms with Gasteiger partial charge in [-0.15, -0.1) is 0 Å². The van der Waals surface area contributed by atoms with Gasteiger partial charge in [-0.3, -0.25) is 4.79 Å². The number of ether oxygens (including phenoxy) is 1. The van der Waals surface area contributed by atoms with Gasteiger partial charge in [0.2, 0.25) is 15.9 Å². The monoisotopic (exact) mass is 460 g/mol. The van der Waals surface area contributed by atoms with Crippen molar-refractivity contribution in [3.8, 4) is 17.2 Å². The van der Waals surface area contributed by atoms with Gasteiger partial charge in [0.05, 0.1) is 4.90 Å². The molecule has 1 N–H and O–H groups in total. The molecule has 4 rings (SSSR count). The summed E-state index contributed by atoms with van der Waals surface area (Å²) in [6, 6.07) is 10.5. The first kappa shape index (κ1) is 22.0. The summed E-state index contributed by atoms with van der Waals surface area (Å²) in [6.07, 6.45) is 0.807. The zero-order valence-electron chi connectivity index (χ0n) is 17.2. The SMILES string of the molecule is Cc1oc(-c2ccc(F)cc2)nc1COc1ccc(S(=O)(=O)N2CCCC2C(=O)O)cc1. The van der Waals surface area contributed by atoms with Gasteiger partial charge in [-0.25, -0.2) is 17.8 Å². The van der Waals surface area contributed by atoms with Gasteiger partial charge in [0, 0.05) is 12.1 Å². The summed E-state index contributed by atoms with van der Waals surface area (Å²) >= 11 is 0. The number of carbonyl (C=O) groups is 1. The first-order valence-electron chi connectivity index (χ1n) is 9.95. The Morgan fingerprint density at radius 2 is 1.91 bits per heavy atom. The van der Waals surface area contributed by atoms with Crippen LogP contribution in [0.1, 0.15) is 24.3 Å². The fourth-order valence-electron chi connectivity index (χ4n) is 3.55. The number of carboxylic acids is 1. The molecule has 1 unspecified atom stereocenters. The highest BCUT2D eigenvalue weighted by molar-refractivity contribution is 7.89. The Balaban J connectivity index is 1.45. The zero-order chi connectivity index (χ0) is 22.9. The first-order chi connectivity index (χ1) is 15.3. The van der Waals surface area contributed by atoms with Gasteiger partial charge in [0.15, 0.2) is 0 Å². The summed E-state index contributed by atoms with van der Waals surface area (Å²) in [4.78, 5) is 15.7. The van der Waals surface area contributed by atoms with Crippen molar-refractivity contribution in [3.63, 3.8) is 0 Å². The molecule has 3 aromatic rings. The molecule has 0 radical (unpaired) electrons. The van der Waals surface area contributed by atoms with Crippen molar-refractivity contribution in [1.82, 2.24) is 9.29 Å². The van der Waals surface area contributed by atoms with E-state index in [9.17, 15) is 22.7 Å². The van der Waals surface area contributed by atoms with Crippen LogP contribution in [0.5, 0.6) is 5.75 Å². The van der Waals surface area contributed by atoms with Gasteiger partial charge < -0.3 is 14.3 Å². The van der Waals surface area contributed by atoms with E-state index in [1.807, 2.05) is 0 Å². The maximum absolute atomic E-state index is 13.1. The Morgan fingerprint density at radius 3 is 2.56 bits per heavy atom. The van der Waals surface area contributed by atoms with E-state index in [2.05, 4.69) is 4.98 Å². The minimum absolute atomic E-state index is 0.00853. The molecule has 1 atom stereocenters. The Hall–Kier alpha value is -3.24. The maximum Gasteiger partial charge on any atom is 0.322 e. The second-order valence-electron chi connectivity index (χ2n) is 7.40. The van der Waals surface area contributed by atoms with Crippen LogP contribution in [0.3, 0.4) is 0 Å². The third-order valence-electron chi connectivity index (χ3n) is 5.28. The predicted molar refractivity (Wildman–Crippen MR) is 112 cm³/mol. The molecule has 1 aliphatic rings. The van der Waals surface area contributed by atoms with E-state index in [4.69, 9.17) is 9.15 Å². The molecular weight excluding hydrogens is 439 g/mol. The maximum atomic E-state index is 13.1. The van der Waals surface area contributed by atoms with Crippen LogP contribution in [-0.2, 0) is 21.4 Å². The number of benzene rings is 2. The third-order valence-corrected chi connectivity index (χ3v) is 7.20. The highest BCUT2D eigenvalue weighted by atomic mass is 32.2. The zero-order valence-corrected chi connectivity index (χ0v) is 18.0. The lowest BCUT2D eigenvalue weighted by Gasteiger charge is -2.21. The van der Waals surface area contributed by atoms with Crippen LogP contribution >= 0.6 is 0 Å². The Morgan fingerprint density at radius 1 is 1.22 bits per heavy atom. The molecular formula is C22H21FN2O6S. The molecule has 168 valence electrons. The van der Waals surface area contributed by atoms with Crippen LogP contribution in [0, 0.1) is 12.7 Å². The lowest BCUT2D eigenvalue weighted by atomic mass is 10.2. The molecule has 1 fully saturated rings. The number of aliphatic carboxylic acids is 1. The fraction of sp³-hybridized carbons (Fsp3) is 0.273. The molecule has 0 bridgehead atoms. The Labute approximate surface area is 184 Å². The first-order valence-corrected chi connectivity index (χ1v) is 11.4. The summed E-state index contributed by atoms with van der Waals surface area (Å²) in [5, 5.41) is 9.27. The minimum Gasteiger partial charge on any atom is -0.487 e. The lowest BCUT2D eigenvalue weighted by molar-refractivity contribution is -0.140. The minimum atomic E-state index is -3.91. The van der Waals surface area contributed by atoms with Crippen molar-refractivity contribution >= 4 is 16.0 Å². The molecule has 10 heteroatoms. The summed E-state index contributed by atoms with van der Waals surface area (Å²) < 4.78 is 51.1. The van der Waals surface area contributed by atoms with Gasteiger partial charge >= 0.3 is 5.97 Å². The van der Waals surface area contributed by atoms with E-state index in [1.165, 1.54) is 36.4 Å². The van der Waals surface area contributed by atoms with Crippen LogP contribution in [0.2, 0.25) is 0 Å². The Kier molecular flexibility index (Phi) is 5.98. The normalized spacial score (nSPS) is 16.9. The van der Waals surface area contributed by atoms with E-state index < -0.39 is 22.0 Å². The van der Waals surface area contributed by atoms with Crippen LogP contribution in [0.15, 0.2) is 57.8 Å². The highest BCUT2D eigenvalue weighted by Gasteiger charge is 2.39. The molecule has 0 amide bonds. The van der Waals surface area contributed by atoms with Crippen LogP contribution < -0.4 is 4.74 Å². The van der Waals surface area contributed by atoms with Crippen molar-refractivity contribution < 1.29 is 31.9 Å². The highest BCUT2D eigenvalue weighted by Crippen LogP contribution is 2.28. The topological polar surface area (TPSA) is 110 Å². The number of aromatic nitrogens is 1. The second kappa shape index (κ2) is 8.71. The average Bonchev–Trinajstić information content (AvgIpc) is 3.41. The summed E-state index contributed by atoms with van der Waals surface area (Å²) in [6.45, 7) is 2.01. The number of hydrogen-bond acceptors (Lipinski definition) is 6. The van der Waals surface area contributed by atoms with Gasteiger partial charge in [-0.1, -0.05) is 0 Å². The van der Waals surface area contributed by atoms with E-state index in [0.717, 1.165) is 4.31 Å².